The fourth-order valence-electron chi connectivity index (χ4n) is 1.55. The van der Waals surface area contributed by atoms with Crippen LogP contribution in [0.25, 0.3) is 0 Å². The first kappa shape index (κ1) is 14.5. The molecule has 1 heterocycles. The molecule has 0 aliphatic heterocycles. The number of nitrogens with one attached hydrogen (secondary N) is 1. The lowest BCUT2D eigenvalue weighted by atomic mass is 10.1. The number of benzene rings is 1. The fraction of sp³-hybridized carbons (Fsp3) is 0. The van der Waals surface area contributed by atoms with Crippen molar-refractivity contribution in [3.63, 3.8) is 0 Å². The van der Waals surface area contributed by atoms with Crippen LogP contribution >= 0.6 is 0 Å². The second-order valence-electron chi connectivity index (χ2n) is 3.91. The molecule has 108 valence electrons. The van der Waals surface area contributed by atoms with Crippen LogP contribution in [-0.2, 0) is 0 Å². The molecule has 0 radical (unpaired) electrons. The van der Waals surface area contributed by atoms with Crippen LogP contribution in [0.4, 0.5) is 18.9 Å². The predicted molar refractivity (Wildman–Crippen MR) is 65.5 cm³/mol. The Labute approximate surface area is 116 Å². The molecule has 0 aliphatic rings. The molecule has 0 saturated heterocycles. The Balaban J connectivity index is 2.36. The van der Waals surface area contributed by atoms with Crippen molar-refractivity contribution in [1.29, 1.82) is 0 Å². The van der Waals surface area contributed by atoms with Crippen LogP contribution in [0.2, 0.25) is 0 Å². The maximum absolute atomic E-state index is 13.5. The number of hydrogen-bond acceptors (Lipinski definition) is 3. The van der Waals surface area contributed by atoms with Crippen LogP contribution in [-0.4, -0.2) is 22.0 Å². The van der Waals surface area contributed by atoms with E-state index in [1.807, 2.05) is 5.32 Å². The number of pyridine rings is 1. The molecular formula is C13H7F3N2O3. The van der Waals surface area contributed by atoms with E-state index in [-0.39, 0.29) is 0 Å². The van der Waals surface area contributed by atoms with Gasteiger partial charge in [0.15, 0.2) is 0 Å². The van der Waals surface area contributed by atoms with E-state index in [9.17, 15) is 22.8 Å². The normalized spacial score (nSPS) is 10.2. The number of amides is 1. The fourth-order valence-corrected chi connectivity index (χ4v) is 1.55. The maximum Gasteiger partial charge on any atom is 0.338 e. The standard InChI is InChI=1S/C13H7F3N2O3/c14-8-5-9(15)10(4-7(8)13(20)21)18-12(19)6-2-1-3-17-11(6)16/h1-5H,(H,18,19)(H,20,21). The van der Waals surface area contributed by atoms with Crippen LogP contribution in [0.15, 0.2) is 30.5 Å². The van der Waals surface area contributed by atoms with Crippen LogP contribution in [0, 0.1) is 17.6 Å². The number of anilines is 1. The lowest BCUT2D eigenvalue weighted by Gasteiger charge is -2.08. The van der Waals surface area contributed by atoms with E-state index in [4.69, 9.17) is 5.11 Å². The summed E-state index contributed by atoms with van der Waals surface area (Å²) < 4.78 is 40.0. The van der Waals surface area contributed by atoms with Crippen LogP contribution in [0.3, 0.4) is 0 Å². The van der Waals surface area contributed by atoms with Gasteiger partial charge in [-0.1, -0.05) is 0 Å². The highest BCUT2D eigenvalue weighted by Crippen LogP contribution is 2.20. The summed E-state index contributed by atoms with van der Waals surface area (Å²) in [4.78, 5) is 25.8. The van der Waals surface area contributed by atoms with Gasteiger partial charge in [0.1, 0.15) is 11.6 Å². The minimum atomic E-state index is -1.63. The van der Waals surface area contributed by atoms with Gasteiger partial charge in [0.25, 0.3) is 5.91 Å². The number of carbonyl (C=O) groups is 2. The van der Waals surface area contributed by atoms with Gasteiger partial charge in [0.05, 0.1) is 16.8 Å². The molecule has 0 spiro atoms. The molecule has 21 heavy (non-hydrogen) atoms. The number of carbonyl (C=O) groups excluding carboxylic acids is 1. The first-order chi connectivity index (χ1) is 9.90. The third-order valence-electron chi connectivity index (χ3n) is 2.54. The van der Waals surface area contributed by atoms with E-state index in [2.05, 4.69) is 4.98 Å². The monoisotopic (exact) mass is 296 g/mol. The molecule has 0 fully saturated rings. The van der Waals surface area contributed by atoms with E-state index in [0.29, 0.717) is 12.1 Å². The predicted octanol–water partition coefficient (Wildman–Crippen LogP) is 2.45. The largest absolute Gasteiger partial charge is 0.478 e. The highest BCUT2D eigenvalue weighted by atomic mass is 19.1. The molecule has 2 rings (SSSR count). The van der Waals surface area contributed by atoms with Gasteiger partial charge in [-0.15, -0.1) is 0 Å². The number of carboxylic acid groups (broad SMARTS) is 1. The molecule has 0 saturated carbocycles. The van der Waals surface area contributed by atoms with Crippen molar-refractivity contribution in [1.82, 2.24) is 4.98 Å². The number of halogens is 3. The van der Waals surface area contributed by atoms with Crippen molar-refractivity contribution in [3.05, 3.63) is 59.2 Å². The summed E-state index contributed by atoms with van der Waals surface area (Å²) >= 11 is 0. The Morgan fingerprint density at radius 2 is 1.81 bits per heavy atom. The Morgan fingerprint density at radius 3 is 2.43 bits per heavy atom. The number of aromatic carboxylic acids is 1. The highest BCUT2D eigenvalue weighted by molar-refractivity contribution is 6.04. The molecule has 1 aromatic heterocycles. The van der Waals surface area contributed by atoms with E-state index >= 15 is 0 Å². The zero-order chi connectivity index (χ0) is 15.6. The Kier molecular flexibility index (Phi) is 3.88. The van der Waals surface area contributed by atoms with Gasteiger partial charge in [0, 0.05) is 12.3 Å². The highest BCUT2D eigenvalue weighted by Gasteiger charge is 2.18. The summed E-state index contributed by atoms with van der Waals surface area (Å²) in [5, 5.41) is 10.7. The van der Waals surface area contributed by atoms with E-state index in [1.165, 1.54) is 6.07 Å². The Bertz CT molecular complexity index is 735. The molecule has 0 atom stereocenters. The quantitative estimate of drug-likeness (QED) is 0.853. The Morgan fingerprint density at radius 1 is 1.10 bits per heavy atom. The summed E-state index contributed by atoms with van der Waals surface area (Å²) in [6.45, 7) is 0. The third kappa shape index (κ3) is 2.99. The van der Waals surface area contributed by atoms with Crippen LogP contribution in [0.5, 0.6) is 0 Å². The van der Waals surface area contributed by atoms with Gasteiger partial charge in [-0.25, -0.2) is 18.6 Å². The minimum absolute atomic E-state index is 0.318. The van der Waals surface area contributed by atoms with Crippen molar-refractivity contribution in [2.24, 2.45) is 0 Å². The summed E-state index contributed by atoms with van der Waals surface area (Å²) in [6.07, 6.45) is 1.12. The zero-order valence-corrected chi connectivity index (χ0v) is 10.2. The van der Waals surface area contributed by atoms with Gasteiger partial charge in [-0.05, 0) is 18.2 Å². The summed E-state index contributed by atoms with van der Waals surface area (Å²) in [5.41, 5.74) is -1.86. The van der Waals surface area contributed by atoms with E-state index in [1.54, 1.807) is 0 Å². The summed E-state index contributed by atoms with van der Waals surface area (Å²) in [5.74, 6) is -6.21. The van der Waals surface area contributed by atoms with Crippen LogP contribution < -0.4 is 5.32 Å². The molecule has 2 N–H and O–H groups in total. The van der Waals surface area contributed by atoms with E-state index in [0.717, 1.165) is 12.3 Å². The van der Waals surface area contributed by atoms with Crippen molar-refractivity contribution in [2.45, 2.75) is 0 Å². The molecule has 0 unspecified atom stereocenters. The number of rotatable bonds is 3. The second-order valence-corrected chi connectivity index (χ2v) is 3.91. The maximum atomic E-state index is 13.5. The topological polar surface area (TPSA) is 79.3 Å². The number of hydrogen-bond donors (Lipinski definition) is 2. The van der Waals surface area contributed by atoms with Crippen molar-refractivity contribution in [2.75, 3.05) is 5.32 Å². The molecule has 0 bridgehead atoms. The zero-order valence-electron chi connectivity index (χ0n) is 10.2. The smallest absolute Gasteiger partial charge is 0.338 e. The first-order valence-corrected chi connectivity index (χ1v) is 5.54. The molecule has 2 aromatic rings. The van der Waals surface area contributed by atoms with Gasteiger partial charge in [-0.3, -0.25) is 4.79 Å². The number of carboxylic acids is 1. The van der Waals surface area contributed by atoms with Gasteiger partial charge in [0.2, 0.25) is 5.95 Å². The van der Waals surface area contributed by atoms with Crippen molar-refractivity contribution >= 4 is 17.6 Å². The summed E-state index contributed by atoms with van der Waals surface area (Å²) in [6, 6.07) is 3.33. The second kappa shape index (κ2) is 5.61. The molecule has 5 nitrogen and oxygen atoms in total. The molecule has 1 amide bonds. The lowest BCUT2D eigenvalue weighted by molar-refractivity contribution is 0.0691. The molecule has 8 heteroatoms. The van der Waals surface area contributed by atoms with Gasteiger partial charge < -0.3 is 10.4 Å². The van der Waals surface area contributed by atoms with Crippen molar-refractivity contribution < 1.29 is 27.9 Å². The first-order valence-electron chi connectivity index (χ1n) is 5.54. The summed E-state index contributed by atoms with van der Waals surface area (Å²) in [7, 11) is 0. The Hall–Kier alpha value is -2.90. The molecular weight excluding hydrogens is 289 g/mol. The molecule has 0 aliphatic carbocycles. The number of nitrogens with zero attached hydrogens (tertiary/aromatic N) is 1. The third-order valence-corrected chi connectivity index (χ3v) is 2.54. The number of aromatic nitrogens is 1. The molecule has 1 aromatic carbocycles. The average molecular weight is 296 g/mol. The SMILES string of the molecule is O=C(O)c1cc(NC(=O)c2cccnc2F)c(F)cc1F. The minimum Gasteiger partial charge on any atom is -0.478 e. The van der Waals surface area contributed by atoms with Gasteiger partial charge >= 0.3 is 5.97 Å². The lowest BCUT2D eigenvalue weighted by Crippen LogP contribution is -2.16. The average Bonchev–Trinajstić information content (AvgIpc) is 2.41. The van der Waals surface area contributed by atoms with E-state index < -0.39 is 46.3 Å². The van der Waals surface area contributed by atoms with Crippen molar-refractivity contribution in [3.8, 4) is 0 Å². The van der Waals surface area contributed by atoms with Gasteiger partial charge in [-0.2, -0.15) is 4.39 Å². The van der Waals surface area contributed by atoms with Crippen LogP contribution in [0.1, 0.15) is 20.7 Å².